The molecule has 7 nitrogen and oxygen atoms in total. The predicted molar refractivity (Wildman–Crippen MR) is 74.6 cm³/mol. The molecule has 2 N–H and O–H groups in total. The topological polar surface area (TPSA) is 89.1 Å². The summed E-state index contributed by atoms with van der Waals surface area (Å²) in [5, 5.41) is 10.3. The van der Waals surface area contributed by atoms with Crippen molar-refractivity contribution < 1.29 is 14.3 Å². The molecular formula is C12H20N4O3S. The van der Waals surface area contributed by atoms with Crippen LogP contribution in [0.4, 0.5) is 0 Å². The largest absolute Gasteiger partial charge is 0.379 e. The number of rotatable bonds is 6. The summed E-state index contributed by atoms with van der Waals surface area (Å²) in [6.45, 7) is 5.57. The molecule has 2 atom stereocenters. The minimum atomic E-state index is -0.0616. The molecule has 0 radical (unpaired) electrons. The van der Waals surface area contributed by atoms with Crippen LogP contribution in [0.2, 0.25) is 0 Å². The first-order valence-corrected chi connectivity index (χ1v) is 7.68. The number of hydrogen-bond acceptors (Lipinski definition) is 6. The van der Waals surface area contributed by atoms with Crippen LogP contribution in [-0.2, 0) is 14.3 Å². The van der Waals surface area contributed by atoms with E-state index in [-0.39, 0.29) is 18.1 Å². The van der Waals surface area contributed by atoms with Crippen LogP contribution in [0.15, 0.2) is 5.16 Å². The standard InChI is InChI=1S/C12H20N4O3S/c1-3-19-10-6-18-5-4-9(10)14-11(17)7-20-12-13-8(2)15-16-12/h9-10H,3-7H2,1-2H3,(H,14,17)(H,13,15,16)/t9-,10-/m1/s1. The summed E-state index contributed by atoms with van der Waals surface area (Å²) in [5.74, 6) is 1.01. The van der Waals surface area contributed by atoms with Gasteiger partial charge in [-0.05, 0) is 20.3 Å². The number of carbonyl (C=O) groups is 1. The molecule has 0 bridgehead atoms. The number of hydrogen-bond donors (Lipinski definition) is 2. The lowest BCUT2D eigenvalue weighted by atomic mass is 10.1. The van der Waals surface area contributed by atoms with Gasteiger partial charge in [0.15, 0.2) is 0 Å². The zero-order valence-corrected chi connectivity index (χ0v) is 12.5. The molecule has 0 aromatic carbocycles. The minimum absolute atomic E-state index is 0.0191. The zero-order chi connectivity index (χ0) is 14.4. The van der Waals surface area contributed by atoms with Crippen LogP contribution in [-0.4, -0.2) is 58.8 Å². The quantitative estimate of drug-likeness (QED) is 0.744. The van der Waals surface area contributed by atoms with E-state index in [1.54, 1.807) is 0 Å². The van der Waals surface area contributed by atoms with Crippen molar-refractivity contribution in [1.82, 2.24) is 20.5 Å². The summed E-state index contributed by atoms with van der Waals surface area (Å²) >= 11 is 1.31. The zero-order valence-electron chi connectivity index (χ0n) is 11.7. The van der Waals surface area contributed by atoms with Crippen molar-refractivity contribution in [3.63, 3.8) is 0 Å². The van der Waals surface area contributed by atoms with Crippen LogP contribution in [0, 0.1) is 6.92 Å². The Balaban J connectivity index is 1.77. The van der Waals surface area contributed by atoms with Crippen molar-refractivity contribution in [2.75, 3.05) is 25.6 Å². The number of aryl methyl sites for hydroxylation is 1. The fourth-order valence-electron chi connectivity index (χ4n) is 2.02. The molecule has 1 aromatic rings. The average Bonchev–Trinajstić information content (AvgIpc) is 2.85. The van der Waals surface area contributed by atoms with E-state index in [4.69, 9.17) is 9.47 Å². The monoisotopic (exact) mass is 300 g/mol. The third-order valence-corrected chi connectivity index (χ3v) is 3.79. The van der Waals surface area contributed by atoms with E-state index < -0.39 is 0 Å². The number of H-pyrrole nitrogens is 1. The highest BCUT2D eigenvalue weighted by Crippen LogP contribution is 2.14. The molecule has 1 aliphatic rings. The van der Waals surface area contributed by atoms with Gasteiger partial charge in [0.25, 0.3) is 0 Å². The molecular weight excluding hydrogens is 280 g/mol. The predicted octanol–water partition coefficient (Wildman–Crippen LogP) is 0.515. The third kappa shape index (κ3) is 4.46. The van der Waals surface area contributed by atoms with Crippen LogP contribution < -0.4 is 5.32 Å². The number of nitrogens with zero attached hydrogens (tertiary/aromatic N) is 2. The van der Waals surface area contributed by atoms with Crippen molar-refractivity contribution in [1.29, 1.82) is 0 Å². The second kappa shape index (κ2) is 7.61. The van der Waals surface area contributed by atoms with Gasteiger partial charge in [0.2, 0.25) is 11.1 Å². The normalized spacial score (nSPS) is 22.7. The lowest BCUT2D eigenvalue weighted by Gasteiger charge is -2.31. The van der Waals surface area contributed by atoms with Crippen molar-refractivity contribution in [3.8, 4) is 0 Å². The van der Waals surface area contributed by atoms with Gasteiger partial charge in [0, 0.05) is 13.2 Å². The number of amides is 1. The van der Waals surface area contributed by atoms with Crippen molar-refractivity contribution in [2.45, 2.75) is 37.6 Å². The summed E-state index contributed by atoms with van der Waals surface area (Å²) < 4.78 is 11.0. The van der Waals surface area contributed by atoms with E-state index in [1.165, 1.54) is 11.8 Å². The number of aromatic amines is 1. The summed E-state index contributed by atoms with van der Waals surface area (Å²) in [6, 6.07) is 0.0191. The van der Waals surface area contributed by atoms with Gasteiger partial charge < -0.3 is 14.8 Å². The number of carbonyl (C=O) groups excluding carboxylic acids is 1. The van der Waals surface area contributed by atoms with Crippen molar-refractivity contribution >= 4 is 17.7 Å². The van der Waals surface area contributed by atoms with Gasteiger partial charge in [-0.15, -0.1) is 5.10 Å². The number of aromatic nitrogens is 3. The Kier molecular flexibility index (Phi) is 5.81. The molecule has 1 amide bonds. The molecule has 2 heterocycles. The van der Waals surface area contributed by atoms with Crippen molar-refractivity contribution in [2.24, 2.45) is 0 Å². The fraction of sp³-hybridized carbons (Fsp3) is 0.750. The maximum atomic E-state index is 11.9. The Hall–Kier alpha value is -1.12. The van der Waals surface area contributed by atoms with Crippen LogP contribution in [0.25, 0.3) is 0 Å². The third-order valence-electron chi connectivity index (χ3n) is 2.94. The van der Waals surface area contributed by atoms with Crippen LogP contribution >= 0.6 is 11.8 Å². The summed E-state index contributed by atoms with van der Waals surface area (Å²) in [7, 11) is 0. The Morgan fingerprint density at radius 1 is 1.65 bits per heavy atom. The Morgan fingerprint density at radius 3 is 3.20 bits per heavy atom. The van der Waals surface area contributed by atoms with Gasteiger partial charge in [-0.1, -0.05) is 11.8 Å². The lowest BCUT2D eigenvalue weighted by Crippen LogP contribution is -2.50. The first kappa shape index (κ1) is 15.3. The summed E-state index contributed by atoms with van der Waals surface area (Å²) in [4.78, 5) is 16.1. The van der Waals surface area contributed by atoms with E-state index in [2.05, 4.69) is 20.5 Å². The van der Waals surface area contributed by atoms with Crippen LogP contribution in [0.5, 0.6) is 0 Å². The highest BCUT2D eigenvalue weighted by molar-refractivity contribution is 7.99. The van der Waals surface area contributed by atoms with Gasteiger partial charge in [0.1, 0.15) is 11.9 Å². The number of ether oxygens (including phenoxy) is 2. The van der Waals surface area contributed by atoms with Gasteiger partial charge >= 0.3 is 0 Å². The molecule has 0 unspecified atom stereocenters. The van der Waals surface area contributed by atoms with E-state index in [0.717, 1.165) is 12.2 Å². The Bertz CT molecular complexity index is 438. The van der Waals surface area contributed by atoms with E-state index in [1.807, 2.05) is 13.8 Å². The van der Waals surface area contributed by atoms with Crippen LogP contribution in [0.1, 0.15) is 19.2 Å². The van der Waals surface area contributed by atoms with Crippen LogP contribution in [0.3, 0.4) is 0 Å². The number of thioether (sulfide) groups is 1. The van der Waals surface area contributed by atoms with Gasteiger partial charge in [-0.3, -0.25) is 9.89 Å². The molecule has 2 rings (SSSR count). The van der Waals surface area contributed by atoms with Gasteiger partial charge in [0.05, 0.1) is 18.4 Å². The summed E-state index contributed by atoms with van der Waals surface area (Å²) in [6.07, 6.45) is 0.717. The molecule has 0 spiro atoms. The molecule has 8 heteroatoms. The first-order chi connectivity index (χ1) is 9.69. The van der Waals surface area contributed by atoms with E-state index >= 15 is 0 Å². The Labute approximate surface area is 122 Å². The number of nitrogens with one attached hydrogen (secondary N) is 2. The minimum Gasteiger partial charge on any atom is -0.379 e. The highest BCUT2D eigenvalue weighted by atomic mass is 32.2. The lowest BCUT2D eigenvalue weighted by molar-refractivity contribution is -0.123. The molecule has 20 heavy (non-hydrogen) atoms. The second-order valence-electron chi connectivity index (χ2n) is 4.52. The smallest absolute Gasteiger partial charge is 0.230 e. The second-order valence-corrected chi connectivity index (χ2v) is 5.47. The fourth-order valence-corrected chi connectivity index (χ4v) is 2.68. The first-order valence-electron chi connectivity index (χ1n) is 6.69. The SMILES string of the molecule is CCO[C@@H]1COCC[C@H]1NC(=O)CSc1n[nH]c(C)n1. The molecule has 1 aromatic heterocycles. The average molecular weight is 300 g/mol. The maximum absolute atomic E-state index is 11.9. The molecule has 0 saturated carbocycles. The molecule has 0 aliphatic carbocycles. The van der Waals surface area contributed by atoms with Gasteiger partial charge in [-0.25, -0.2) is 4.98 Å². The van der Waals surface area contributed by atoms with Gasteiger partial charge in [-0.2, -0.15) is 0 Å². The molecule has 1 aliphatic heterocycles. The van der Waals surface area contributed by atoms with E-state index in [9.17, 15) is 4.79 Å². The summed E-state index contributed by atoms with van der Waals surface area (Å²) in [5.41, 5.74) is 0. The molecule has 1 fully saturated rings. The van der Waals surface area contributed by atoms with Crippen molar-refractivity contribution in [3.05, 3.63) is 5.82 Å². The Morgan fingerprint density at radius 2 is 2.50 bits per heavy atom. The maximum Gasteiger partial charge on any atom is 0.230 e. The molecule has 112 valence electrons. The van der Waals surface area contributed by atoms with E-state index in [0.29, 0.717) is 30.7 Å². The molecule has 1 saturated heterocycles. The highest BCUT2D eigenvalue weighted by Gasteiger charge is 2.27.